The van der Waals surface area contributed by atoms with E-state index < -0.39 is 0 Å². The Balaban J connectivity index is 1.65. The van der Waals surface area contributed by atoms with Crippen LogP contribution in [0.5, 0.6) is 0 Å². The Hall–Kier alpha value is -1.39. The molecule has 0 saturated heterocycles. The molecule has 2 N–H and O–H groups in total. The van der Waals surface area contributed by atoms with Crippen LogP contribution in [-0.2, 0) is 19.5 Å². The summed E-state index contributed by atoms with van der Waals surface area (Å²) in [5.41, 5.74) is 4.16. The highest BCUT2D eigenvalue weighted by Gasteiger charge is 2.11. The summed E-state index contributed by atoms with van der Waals surface area (Å²) in [5, 5.41) is 10.1. The quantitative estimate of drug-likeness (QED) is 0.886. The SMILES string of the molecule is c1cc2c(c(CNCc3nccs3)c1)NCCC2. The Morgan fingerprint density at radius 3 is 3.22 bits per heavy atom. The number of rotatable bonds is 4. The first-order valence-electron chi connectivity index (χ1n) is 6.37. The van der Waals surface area contributed by atoms with E-state index in [2.05, 4.69) is 33.8 Å². The highest BCUT2D eigenvalue weighted by atomic mass is 32.1. The van der Waals surface area contributed by atoms with E-state index in [1.807, 2.05) is 11.6 Å². The highest BCUT2D eigenvalue weighted by molar-refractivity contribution is 7.09. The number of fused-ring (bicyclic) bond motifs is 1. The number of nitrogens with zero attached hydrogens (tertiary/aromatic N) is 1. The lowest BCUT2D eigenvalue weighted by atomic mass is 9.99. The van der Waals surface area contributed by atoms with Crippen LogP contribution in [0.25, 0.3) is 0 Å². The van der Waals surface area contributed by atoms with Crippen molar-refractivity contribution in [3.05, 3.63) is 45.9 Å². The predicted molar refractivity (Wildman–Crippen MR) is 75.9 cm³/mol. The Kier molecular flexibility index (Phi) is 3.57. The Bertz CT molecular complexity index is 508. The number of hydrogen-bond donors (Lipinski definition) is 2. The van der Waals surface area contributed by atoms with Gasteiger partial charge in [-0.2, -0.15) is 0 Å². The minimum atomic E-state index is 0.849. The van der Waals surface area contributed by atoms with Gasteiger partial charge in [0.05, 0.1) is 0 Å². The van der Waals surface area contributed by atoms with Crippen molar-refractivity contribution in [1.29, 1.82) is 0 Å². The predicted octanol–water partition coefficient (Wildman–Crippen LogP) is 2.79. The molecule has 0 radical (unpaired) electrons. The molecular formula is C14H17N3S. The maximum Gasteiger partial charge on any atom is 0.106 e. The lowest BCUT2D eigenvalue weighted by Crippen LogP contribution is -2.18. The summed E-state index contributed by atoms with van der Waals surface area (Å²) in [6.45, 7) is 2.84. The fourth-order valence-corrected chi connectivity index (χ4v) is 2.96. The Labute approximate surface area is 111 Å². The third-order valence-electron chi connectivity index (χ3n) is 3.24. The summed E-state index contributed by atoms with van der Waals surface area (Å²) in [7, 11) is 0. The number of nitrogens with one attached hydrogen (secondary N) is 2. The van der Waals surface area contributed by atoms with E-state index in [1.165, 1.54) is 29.7 Å². The van der Waals surface area contributed by atoms with E-state index in [9.17, 15) is 0 Å². The van der Waals surface area contributed by atoms with Gasteiger partial charge in [0, 0.05) is 36.9 Å². The first-order chi connectivity index (χ1) is 8.93. The molecule has 0 amide bonds. The summed E-state index contributed by atoms with van der Waals surface area (Å²) in [4.78, 5) is 4.28. The first kappa shape index (κ1) is 11.7. The van der Waals surface area contributed by atoms with E-state index in [4.69, 9.17) is 0 Å². The highest BCUT2D eigenvalue weighted by Crippen LogP contribution is 2.25. The number of anilines is 1. The van der Waals surface area contributed by atoms with Crippen LogP contribution < -0.4 is 10.6 Å². The van der Waals surface area contributed by atoms with Crippen molar-refractivity contribution in [3.8, 4) is 0 Å². The van der Waals surface area contributed by atoms with Crippen LogP contribution in [0.1, 0.15) is 22.6 Å². The second-order valence-electron chi connectivity index (χ2n) is 4.51. The summed E-state index contributed by atoms with van der Waals surface area (Å²) in [6.07, 6.45) is 4.29. The molecule has 94 valence electrons. The van der Waals surface area contributed by atoms with Gasteiger partial charge in [0.25, 0.3) is 0 Å². The molecule has 0 saturated carbocycles. The second-order valence-corrected chi connectivity index (χ2v) is 5.49. The average molecular weight is 259 g/mol. The van der Waals surface area contributed by atoms with Crippen molar-refractivity contribution in [2.24, 2.45) is 0 Å². The third-order valence-corrected chi connectivity index (χ3v) is 4.02. The lowest BCUT2D eigenvalue weighted by molar-refractivity contribution is 0.687. The largest absolute Gasteiger partial charge is 0.385 e. The molecule has 1 aliphatic rings. The van der Waals surface area contributed by atoms with Gasteiger partial charge in [-0.15, -0.1) is 11.3 Å². The van der Waals surface area contributed by atoms with Crippen molar-refractivity contribution < 1.29 is 0 Å². The van der Waals surface area contributed by atoms with Crippen molar-refractivity contribution in [2.45, 2.75) is 25.9 Å². The lowest BCUT2D eigenvalue weighted by Gasteiger charge is -2.21. The van der Waals surface area contributed by atoms with E-state index in [1.54, 1.807) is 11.3 Å². The molecule has 18 heavy (non-hydrogen) atoms. The fourth-order valence-electron chi connectivity index (χ4n) is 2.37. The van der Waals surface area contributed by atoms with Gasteiger partial charge in [-0.1, -0.05) is 18.2 Å². The van der Waals surface area contributed by atoms with E-state index in [0.717, 1.165) is 24.6 Å². The van der Waals surface area contributed by atoms with E-state index in [0.29, 0.717) is 0 Å². The van der Waals surface area contributed by atoms with E-state index in [-0.39, 0.29) is 0 Å². The molecule has 2 heterocycles. The number of hydrogen-bond acceptors (Lipinski definition) is 4. The first-order valence-corrected chi connectivity index (χ1v) is 7.25. The Morgan fingerprint density at radius 1 is 1.33 bits per heavy atom. The van der Waals surface area contributed by atoms with Crippen LogP contribution in [0, 0.1) is 0 Å². The molecule has 0 aliphatic carbocycles. The molecular weight excluding hydrogens is 242 g/mol. The van der Waals surface area contributed by atoms with Crippen LogP contribution >= 0.6 is 11.3 Å². The normalized spacial score (nSPS) is 14.0. The molecule has 2 aromatic rings. The van der Waals surface area contributed by atoms with E-state index >= 15 is 0 Å². The maximum atomic E-state index is 4.28. The van der Waals surface area contributed by atoms with Gasteiger partial charge in [0.2, 0.25) is 0 Å². The van der Waals surface area contributed by atoms with Gasteiger partial charge >= 0.3 is 0 Å². The maximum absolute atomic E-state index is 4.28. The van der Waals surface area contributed by atoms with Crippen LogP contribution in [0.3, 0.4) is 0 Å². The molecule has 1 aromatic heterocycles. The smallest absolute Gasteiger partial charge is 0.106 e. The molecule has 3 rings (SSSR count). The van der Waals surface area contributed by atoms with Crippen molar-refractivity contribution in [2.75, 3.05) is 11.9 Å². The molecule has 0 fully saturated rings. The summed E-state index contributed by atoms with van der Waals surface area (Å²) < 4.78 is 0. The molecule has 4 heteroatoms. The molecule has 1 aromatic carbocycles. The van der Waals surface area contributed by atoms with Gasteiger partial charge in [0.15, 0.2) is 0 Å². The van der Waals surface area contributed by atoms with Gasteiger partial charge in [-0.05, 0) is 24.0 Å². The number of aryl methyl sites for hydroxylation is 1. The number of para-hydroxylation sites is 1. The number of benzene rings is 1. The van der Waals surface area contributed by atoms with Crippen molar-refractivity contribution in [1.82, 2.24) is 10.3 Å². The van der Waals surface area contributed by atoms with Crippen molar-refractivity contribution >= 4 is 17.0 Å². The van der Waals surface area contributed by atoms with Gasteiger partial charge < -0.3 is 10.6 Å². The van der Waals surface area contributed by atoms with Crippen LogP contribution in [0.4, 0.5) is 5.69 Å². The zero-order valence-electron chi connectivity index (χ0n) is 10.3. The second kappa shape index (κ2) is 5.50. The number of thiazole rings is 1. The van der Waals surface area contributed by atoms with Gasteiger partial charge in [-0.3, -0.25) is 0 Å². The Morgan fingerprint density at radius 2 is 2.33 bits per heavy atom. The van der Waals surface area contributed by atoms with Crippen LogP contribution in [-0.4, -0.2) is 11.5 Å². The summed E-state index contributed by atoms with van der Waals surface area (Å²) in [6, 6.07) is 6.59. The topological polar surface area (TPSA) is 37.0 Å². The molecule has 1 aliphatic heterocycles. The van der Waals surface area contributed by atoms with Gasteiger partial charge in [-0.25, -0.2) is 4.98 Å². The summed E-state index contributed by atoms with van der Waals surface area (Å²) >= 11 is 1.70. The number of aromatic nitrogens is 1. The van der Waals surface area contributed by atoms with Crippen molar-refractivity contribution in [3.63, 3.8) is 0 Å². The zero-order chi connectivity index (χ0) is 12.2. The van der Waals surface area contributed by atoms with Gasteiger partial charge in [0.1, 0.15) is 5.01 Å². The average Bonchev–Trinajstić information content (AvgIpc) is 2.92. The monoisotopic (exact) mass is 259 g/mol. The molecule has 0 atom stereocenters. The molecule has 0 bridgehead atoms. The molecule has 0 spiro atoms. The third kappa shape index (κ3) is 2.54. The zero-order valence-corrected chi connectivity index (χ0v) is 11.1. The molecule has 3 nitrogen and oxygen atoms in total. The molecule has 0 unspecified atom stereocenters. The summed E-state index contributed by atoms with van der Waals surface area (Å²) in [5.74, 6) is 0. The van der Waals surface area contributed by atoms with Crippen LogP contribution in [0.15, 0.2) is 29.8 Å². The minimum Gasteiger partial charge on any atom is -0.385 e. The van der Waals surface area contributed by atoms with Crippen LogP contribution in [0.2, 0.25) is 0 Å². The standard InChI is InChI=1S/C14H17N3S/c1-3-11-5-2-6-17-14(11)12(4-1)9-15-10-13-16-7-8-18-13/h1,3-4,7-8,15,17H,2,5-6,9-10H2. The minimum absolute atomic E-state index is 0.849. The fraction of sp³-hybridized carbons (Fsp3) is 0.357.